The number of ether oxygens (including phenoxy) is 1. The molecule has 9 nitrogen and oxygen atoms in total. The highest BCUT2D eigenvalue weighted by atomic mass is 32.2. The second-order valence-corrected chi connectivity index (χ2v) is 7.81. The topological polar surface area (TPSA) is 130 Å². The number of amides is 1. The molecule has 1 aliphatic heterocycles. The summed E-state index contributed by atoms with van der Waals surface area (Å²) < 4.78 is 28.7. The predicted molar refractivity (Wildman–Crippen MR) is 94.6 cm³/mol. The molecule has 144 valence electrons. The number of nitrogens with zero attached hydrogens (tertiary/aromatic N) is 2. The Balaban J connectivity index is 2.41. The van der Waals surface area contributed by atoms with Gasteiger partial charge in [-0.15, -0.1) is 0 Å². The van der Waals surface area contributed by atoms with Gasteiger partial charge in [0.2, 0.25) is 10.0 Å². The molecule has 10 heteroatoms. The van der Waals surface area contributed by atoms with Gasteiger partial charge in [0.05, 0.1) is 29.6 Å². The van der Waals surface area contributed by atoms with Crippen molar-refractivity contribution in [3.05, 3.63) is 23.8 Å². The van der Waals surface area contributed by atoms with Gasteiger partial charge in [0, 0.05) is 32.4 Å². The molecule has 1 aromatic carbocycles. The highest BCUT2D eigenvalue weighted by molar-refractivity contribution is 7.89. The highest BCUT2D eigenvalue weighted by Gasteiger charge is 2.25. The van der Waals surface area contributed by atoms with E-state index >= 15 is 0 Å². The van der Waals surface area contributed by atoms with E-state index in [0.717, 1.165) is 0 Å². The van der Waals surface area contributed by atoms with Gasteiger partial charge in [0.25, 0.3) is 5.91 Å². The Labute approximate surface area is 152 Å². The van der Waals surface area contributed by atoms with Gasteiger partial charge in [-0.2, -0.15) is 0 Å². The Morgan fingerprint density at radius 2 is 1.96 bits per heavy atom. The molecule has 1 heterocycles. The van der Waals surface area contributed by atoms with Crippen LogP contribution in [0.15, 0.2) is 23.1 Å². The van der Waals surface area contributed by atoms with Crippen molar-refractivity contribution in [2.75, 3.05) is 44.8 Å². The smallest absolute Gasteiger partial charge is 0.308 e. The van der Waals surface area contributed by atoms with E-state index in [1.54, 1.807) is 6.07 Å². The lowest BCUT2D eigenvalue weighted by Crippen LogP contribution is -2.39. The summed E-state index contributed by atoms with van der Waals surface area (Å²) in [6.45, 7) is 3.60. The van der Waals surface area contributed by atoms with Crippen LogP contribution in [0.4, 0.5) is 5.69 Å². The second kappa shape index (κ2) is 8.02. The highest BCUT2D eigenvalue weighted by Crippen LogP contribution is 2.26. The Bertz CT molecular complexity index is 789. The number of primary sulfonamides is 1. The van der Waals surface area contributed by atoms with E-state index in [1.807, 2.05) is 4.90 Å². The molecule has 1 saturated heterocycles. The SMILES string of the molecule is CC(CN(C)C(=O)c1cc(S(N)(=O)=O)ccc1N1CCOCC1)C(=O)O. The monoisotopic (exact) mass is 385 g/mol. The fourth-order valence-electron chi connectivity index (χ4n) is 2.72. The van der Waals surface area contributed by atoms with Crippen molar-refractivity contribution in [1.29, 1.82) is 0 Å². The van der Waals surface area contributed by atoms with Gasteiger partial charge in [-0.1, -0.05) is 6.92 Å². The minimum Gasteiger partial charge on any atom is -0.481 e. The summed E-state index contributed by atoms with van der Waals surface area (Å²) in [4.78, 5) is 27.0. The number of morpholine rings is 1. The molecular formula is C16H23N3O6S. The molecular weight excluding hydrogens is 362 g/mol. The third kappa shape index (κ3) is 4.71. The maximum absolute atomic E-state index is 12.9. The van der Waals surface area contributed by atoms with Crippen molar-refractivity contribution < 1.29 is 27.9 Å². The molecule has 0 aliphatic carbocycles. The number of carboxylic acid groups (broad SMARTS) is 1. The molecule has 0 bridgehead atoms. The van der Waals surface area contributed by atoms with Crippen LogP contribution in [0.1, 0.15) is 17.3 Å². The van der Waals surface area contributed by atoms with Crippen molar-refractivity contribution in [2.45, 2.75) is 11.8 Å². The molecule has 1 unspecified atom stereocenters. The van der Waals surface area contributed by atoms with E-state index < -0.39 is 27.8 Å². The fraction of sp³-hybridized carbons (Fsp3) is 0.500. The van der Waals surface area contributed by atoms with Crippen molar-refractivity contribution in [2.24, 2.45) is 11.1 Å². The second-order valence-electron chi connectivity index (χ2n) is 6.25. The molecule has 1 amide bonds. The summed E-state index contributed by atoms with van der Waals surface area (Å²) in [7, 11) is -2.50. The van der Waals surface area contributed by atoms with Crippen molar-refractivity contribution in [1.82, 2.24) is 4.90 Å². The van der Waals surface area contributed by atoms with Crippen LogP contribution < -0.4 is 10.0 Å². The number of benzene rings is 1. The average Bonchev–Trinajstić information content (AvgIpc) is 2.60. The zero-order valence-electron chi connectivity index (χ0n) is 14.7. The lowest BCUT2D eigenvalue weighted by Gasteiger charge is -2.31. The van der Waals surface area contributed by atoms with Crippen molar-refractivity contribution >= 4 is 27.6 Å². The van der Waals surface area contributed by atoms with Gasteiger partial charge < -0.3 is 19.6 Å². The van der Waals surface area contributed by atoms with Crippen LogP contribution >= 0.6 is 0 Å². The minimum atomic E-state index is -3.98. The minimum absolute atomic E-state index is 0.00365. The Morgan fingerprint density at radius 1 is 1.35 bits per heavy atom. The lowest BCUT2D eigenvalue weighted by atomic mass is 10.1. The van der Waals surface area contributed by atoms with E-state index in [2.05, 4.69) is 0 Å². The molecule has 0 spiro atoms. The summed E-state index contributed by atoms with van der Waals surface area (Å²) in [6.07, 6.45) is 0. The maximum Gasteiger partial charge on any atom is 0.308 e. The number of anilines is 1. The summed E-state index contributed by atoms with van der Waals surface area (Å²) in [5.41, 5.74) is 0.735. The number of carboxylic acids is 1. The standard InChI is InChI=1S/C16H23N3O6S/c1-11(16(21)22)10-18(2)15(20)13-9-12(26(17,23)24)3-4-14(13)19-5-7-25-8-6-19/h3-4,9,11H,5-8,10H2,1-2H3,(H,21,22)(H2,17,23,24). The first kappa shape index (κ1) is 20.1. The maximum atomic E-state index is 12.9. The van der Waals surface area contributed by atoms with Gasteiger partial charge in [0.1, 0.15) is 0 Å². The summed E-state index contributed by atoms with van der Waals surface area (Å²) in [5.74, 6) is -2.24. The van der Waals surface area contributed by atoms with E-state index in [0.29, 0.717) is 32.0 Å². The van der Waals surface area contributed by atoms with E-state index in [1.165, 1.54) is 31.0 Å². The molecule has 3 N–H and O–H groups in total. The van der Waals surface area contributed by atoms with Crippen molar-refractivity contribution in [3.63, 3.8) is 0 Å². The fourth-order valence-corrected chi connectivity index (χ4v) is 3.26. The number of hydrogen-bond acceptors (Lipinski definition) is 6. The number of rotatable bonds is 6. The van der Waals surface area contributed by atoms with Crippen LogP contribution in [-0.4, -0.2) is 70.2 Å². The van der Waals surface area contributed by atoms with Crippen LogP contribution in [0.25, 0.3) is 0 Å². The van der Waals surface area contributed by atoms with Gasteiger partial charge >= 0.3 is 5.97 Å². The lowest BCUT2D eigenvalue weighted by molar-refractivity contribution is -0.141. The van der Waals surface area contributed by atoms with Crippen LogP contribution in [-0.2, 0) is 19.6 Å². The number of nitrogens with two attached hydrogens (primary N) is 1. The molecule has 1 aromatic rings. The number of aliphatic carboxylic acids is 1. The summed E-state index contributed by atoms with van der Waals surface area (Å²) in [6, 6.07) is 4.15. The number of sulfonamides is 1. The summed E-state index contributed by atoms with van der Waals surface area (Å²) in [5, 5.41) is 14.2. The largest absolute Gasteiger partial charge is 0.481 e. The first-order valence-electron chi connectivity index (χ1n) is 8.09. The quantitative estimate of drug-likeness (QED) is 0.703. The van der Waals surface area contributed by atoms with E-state index in [4.69, 9.17) is 15.0 Å². The Morgan fingerprint density at radius 3 is 2.50 bits per heavy atom. The number of hydrogen-bond donors (Lipinski definition) is 2. The molecule has 2 rings (SSSR count). The molecule has 26 heavy (non-hydrogen) atoms. The molecule has 1 fully saturated rings. The van der Waals surface area contributed by atoms with Gasteiger partial charge in [0.15, 0.2) is 0 Å². The molecule has 1 aliphatic rings. The van der Waals surface area contributed by atoms with Crippen LogP contribution in [0.2, 0.25) is 0 Å². The Hall–Kier alpha value is -2.17. The van der Waals surface area contributed by atoms with Crippen molar-refractivity contribution in [3.8, 4) is 0 Å². The molecule has 0 saturated carbocycles. The zero-order valence-corrected chi connectivity index (χ0v) is 15.5. The van der Waals surface area contributed by atoms with Gasteiger partial charge in [-0.3, -0.25) is 9.59 Å². The zero-order chi connectivity index (χ0) is 19.5. The number of carbonyl (C=O) groups excluding carboxylic acids is 1. The third-order valence-electron chi connectivity index (χ3n) is 4.19. The average molecular weight is 385 g/mol. The normalized spacial score (nSPS) is 16.2. The molecule has 0 radical (unpaired) electrons. The van der Waals surface area contributed by atoms with Gasteiger partial charge in [-0.25, -0.2) is 13.6 Å². The van der Waals surface area contributed by atoms with Gasteiger partial charge in [-0.05, 0) is 18.2 Å². The predicted octanol–water partition coefficient (Wildman–Crippen LogP) is -0.0367. The first-order chi connectivity index (χ1) is 12.1. The van der Waals surface area contributed by atoms with E-state index in [-0.39, 0.29) is 17.0 Å². The number of carbonyl (C=O) groups is 2. The van der Waals surface area contributed by atoms with Crippen LogP contribution in [0.3, 0.4) is 0 Å². The van der Waals surface area contributed by atoms with Crippen LogP contribution in [0, 0.1) is 5.92 Å². The molecule has 1 atom stereocenters. The van der Waals surface area contributed by atoms with Crippen LogP contribution in [0.5, 0.6) is 0 Å². The molecule has 0 aromatic heterocycles. The third-order valence-corrected chi connectivity index (χ3v) is 5.11. The Kier molecular flexibility index (Phi) is 6.21. The first-order valence-corrected chi connectivity index (χ1v) is 9.63. The summed E-state index contributed by atoms with van der Waals surface area (Å²) >= 11 is 0. The van der Waals surface area contributed by atoms with E-state index in [9.17, 15) is 18.0 Å².